The predicted octanol–water partition coefficient (Wildman–Crippen LogP) is 3.07. The molecule has 2 bridgehead atoms. The molecule has 0 N–H and O–H groups in total. The highest BCUT2D eigenvalue weighted by atomic mass is 16.5. The Morgan fingerprint density at radius 2 is 1.88 bits per heavy atom. The van der Waals surface area contributed by atoms with Crippen LogP contribution in [0.5, 0.6) is 5.75 Å². The molecule has 1 aromatic rings. The van der Waals surface area contributed by atoms with Gasteiger partial charge in [-0.2, -0.15) is 0 Å². The van der Waals surface area contributed by atoms with Crippen LogP contribution in [0.2, 0.25) is 0 Å². The quantitative estimate of drug-likeness (QED) is 0.780. The summed E-state index contributed by atoms with van der Waals surface area (Å²) in [7, 11) is 0. The third-order valence-corrected chi connectivity index (χ3v) is 4.62. The second-order valence-electron chi connectivity index (χ2n) is 5.81. The second-order valence-corrected chi connectivity index (χ2v) is 5.81. The molecule has 2 aliphatic carbocycles. The number of hydrogen-bond donors (Lipinski definition) is 0. The van der Waals surface area contributed by atoms with E-state index >= 15 is 0 Å². The van der Waals surface area contributed by atoms with Crippen LogP contribution < -0.4 is 4.74 Å². The molecule has 0 amide bonds. The molecule has 0 spiro atoms. The van der Waals surface area contributed by atoms with Crippen LogP contribution >= 0.6 is 0 Å². The molecule has 0 heterocycles. The van der Waals surface area contributed by atoms with E-state index in [1.165, 1.54) is 0 Å². The molecule has 3 atom stereocenters. The summed E-state index contributed by atoms with van der Waals surface area (Å²) < 4.78 is 5.91. The number of carbonyl (C=O) groups excluding carboxylic acids is 1. The van der Waals surface area contributed by atoms with Gasteiger partial charge in [-0.1, -0.05) is 32.0 Å². The molecule has 0 aliphatic heterocycles. The maximum atomic E-state index is 12.3. The Labute approximate surface area is 102 Å². The normalized spacial score (nSPS) is 34.0. The lowest BCUT2D eigenvalue weighted by molar-refractivity contribution is -0.129. The molecule has 2 nitrogen and oxygen atoms in total. The minimum atomic E-state index is -0.217. The highest BCUT2D eigenvalue weighted by Crippen LogP contribution is 2.56. The van der Waals surface area contributed by atoms with Crippen LogP contribution in [0.4, 0.5) is 0 Å². The fraction of sp³-hybridized carbons (Fsp3) is 0.533. The van der Waals surface area contributed by atoms with Gasteiger partial charge in [0.05, 0.1) is 0 Å². The van der Waals surface area contributed by atoms with Crippen molar-refractivity contribution in [3.63, 3.8) is 0 Å². The molecule has 2 saturated carbocycles. The fourth-order valence-corrected chi connectivity index (χ4v) is 3.58. The zero-order chi connectivity index (χ0) is 12.0. The van der Waals surface area contributed by atoms with Gasteiger partial charge in [0, 0.05) is 11.8 Å². The second kappa shape index (κ2) is 3.59. The zero-order valence-corrected chi connectivity index (χ0v) is 10.3. The van der Waals surface area contributed by atoms with Crippen LogP contribution in [0.15, 0.2) is 30.3 Å². The number of hydrogen-bond acceptors (Lipinski definition) is 2. The van der Waals surface area contributed by atoms with Gasteiger partial charge in [0.2, 0.25) is 0 Å². The van der Waals surface area contributed by atoms with E-state index in [1.54, 1.807) is 0 Å². The summed E-state index contributed by atoms with van der Waals surface area (Å²) in [5.41, 5.74) is 0.122. The van der Waals surface area contributed by atoms with Crippen LogP contribution in [0.25, 0.3) is 0 Å². The van der Waals surface area contributed by atoms with Crippen LogP contribution in [-0.4, -0.2) is 11.9 Å². The average molecular weight is 230 g/mol. The molecule has 90 valence electrons. The first kappa shape index (κ1) is 10.8. The first-order valence-corrected chi connectivity index (χ1v) is 6.36. The number of ether oxygens (including phenoxy) is 1. The Morgan fingerprint density at radius 3 is 2.47 bits per heavy atom. The van der Waals surface area contributed by atoms with Crippen molar-refractivity contribution < 1.29 is 9.53 Å². The molecular formula is C15H18O2. The van der Waals surface area contributed by atoms with Gasteiger partial charge in [-0.15, -0.1) is 0 Å². The van der Waals surface area contributed by atoms with Crippen LogP contribution in [0, 0.1) is 17.3 Å². The van der Waals surface area contributed by atoms with Gasteiger partial charge in [-0.25, -0.2) is 0 Å². The minimum absolute atomic E-state index is 0.122. The highest BCUT2D eigenvalue weighted by Gasteiger charge is 2.60. The summed E-state index contributed by atoms with van der Waals surface area (Å²) in [6.07, 6.45) is 1.96. The Morgan fingerprint density at radius 1 is 1.18 bits per heavy atom. The van der Waals surface area contributed by atoms with Gasteiger partial charge in [-0.05, 0) is 30.4 Å². The molecular weight excluding hydrogens is 212 g/mol. The molecule has 3 unspecified atom stereocenters. The smallest absolute Gasteiger partial charge is 0.177 e. The van der Waals surface area contributed by atoms with Gasteiger partial charge in [0.1, 0.15) is 5.75 Å². The van der Waals surface area contributed by atoms with E-state index in [9.17, 15) is 4.79 Å². The van der Waals surface area contributed by atoms with Crippen molar-refractivity contribution in [2.24, 2.45) is 17.3 Å². The molecule has 3 rings (SSSR count). The summed E-state index contributed by atoms with van der Waals surface area (Å²) in [4.78, 5) is 12.3. The lowest BCUT2D eigenvalue weighted by Crippen LogP contribution is -2.33. The number of carbonyl (C=O) groups is 1. The van der Waals surface area contributed by atoms with E-state index in [4.69, 9.17) is 4.74 Å². The van der Waals surface area contributed by atoms with Crippen LogP contribution in [0.1, 0.15) is 26.7 Å². The average Bonchev–Trinajstić information content (AvgIpc) is 2.69. The summed E-state index contributed by atoms with van der Waals surface area (Å²) in [5, 5.41) is 0. The van der Waals surface area contributed by atoms with Crippen molar-refractivity contribution in [1.82, 2.24) is 0 Å². The van der Waals surface area contributed by atoms with Crippen molar-refractivity contribution in [3.05, 3.63) is 30.3 Å². The van der Waals surface area contributed by atoms with Gasteiger partial charge in [-0.3, -0.25) is 4.79 Å². The molecule has 2 heteroatoms. The monoisotopic (exact) mass is 230 g/mol. The summed E-state index contributed by atoms with van der Waals surface area (Å²) in [6.45, 7) is 4.42. The van der Waals surface area contributed by atoms with Crippen molar-refractivity contribution >= 4 is 5.78 Å². The van der Waals surface area contributed by atoms with E-state index < -0.39 is 0 Å². The molecule has 0 radical (unpaired) electrons. The molecule has 0 saturated heterocycles. The molecule has 2 aliphatic rings. The Balaban J connectivity index is 1.84. The standard InChI is InChI=1S/C15H18O2/c1-15(2)11-8-9-12(15)14(13(11)16)17-10-6-4-3-5-7-10/h3-7,11-12,14H,8-9H2,1-2H3. The number of benzene rings is 1. The maximum absolute atomic E-state index is 12.3. The largest absolute Gasteiger partial charge is 0.482 e. The van der Waals surface area contributed by atoms with Crippen molar-refractivity contribution in [1.29, 1.82) is 0 Å². The minimum Gasteiger partial charge on any atom is -0.482 e. The third-order valence-electron chi connectivity index (χ3n) is 4.62. The highest BCUT2D eigenvalue weighted by molar-refractivity contribution is 5.90. The fourth-order valence-electron chi connectivity index (χ4n) is 3.58. The number of ketones is 1. The lowest BCUT2D eigenvalue weighted by Gasteiger charge is -2.25. The summed E-state index contributed by atoms with van der Waals surface area (Å²) in [5.74, 6) is 1.73. The molecule has 0 aromatic heterocycles. The lowest BCUT2D eigenvalue weighted by atomic mass is 9.82. The SMILES string of the molecule is CC1(C)C2CCC1C(Oc1ccccc1)C2=O. The first-order valence-electron chi connectivity index (χ1n) is 6.36. The predicted molar refractivity (Wildman–Crippen MR) is 65.9 cm³/mol. The Kier molecular flexibility index (Phi) is 2.29. The molecule has 1 aromatic carbocycles. The van der Waals surface area contributed by atoms with E-state index in [-0.39, 0.29) is 17.4 Å². The third kappa shape index (κ3) is 1.50. The number of Topliss-reactive ketones (excluding diaryl/α,β-unsaturated/α-hetero) is 1. The van der Waals surface area contributed by atoms with Gasteiger partial charge in [0.25, 0.3) is 0 Å². The van der Waals surface area contributed by atoms with Gasteiger partial charge in [0.15, 0.2) is 11.9 Å². The summed E-state index contributed by atoms with van der Waals surface area (Å²) >= 11 is 0. The van der Waals surface area contributed by atoms with E-state index in [0.717, 1.165) is 18.6 Å². The van der Waals surface area contributed by atoms with Gasteiger partial charge >= 0.3 is 0 Å². The topological polar surface area (TPSA) is 26.3 Å². The number of para-hydroxylation sites is 1. The van der Waals surface area contributed by atoms with Gasteiger partial charge < -0.3 is 4.74 Å². The number of rotatable bonds is 2. The van der Waals surface area contributed by atoms with Crippen molar-refractivity contribution in [2.75, 3.05) is 0 Å². The first-order chi connectivity index (χ1) is 8.10. The van der Waals surface area contributed by atoms with Crippen LogP contribution in [-0.2, 0) is 4.79 Å². The Bertz CT molecular complexity index is 435. The zero-order valence-electron chi connectivity index (χ0n) is 10.3. The van der Waals surface area contributed by atoms with E-state index in [2.05, 4.69) is 13.8 Å². The van der Waals surface area contributed by atoms with E-state index in [1.807, 2.05) is 30.3 Å². The van der Waals surface area contributed by atoms with Crippen LogP contribution in [0.3, 0.4) is 0 Å². The maximum Gasteiger partial charge on any atom is 0.177 e. The molecule has 17 heavy (non-hydrogen) atoms. The number of fused-ring (bicyclic) bond motifs is 2. The van der Waals surface area contributed by atoms with E-state index in [0.29, 0.717) is 11.7 Å². The van der Waals surface area contributed by atoms with Crippen molar-refractivity contribution in [3.8, 4) is 5.75 Å². The Hall–Kier alpha value is -1.31. The van der Waals surface area contributed by atoms with Crippen molar-refractivity contribution in [2.45, 2.75) is 32.8 Å². The summed E-state index contributed by atoms with van der Waals surface area (Å²) in [6, 6.07) is 9.69. The molecule has 2 fully saturated rings.